The molecular formula is C16H34O2. The molecule has 0 N–H and O–H groups in total. The fraction of sp³-hybridized carbons (Fsp3) is 1.00. The second-order valence-corrected chi connectivity index (χ2v) is 5.47. The molecule has 0 aromatic carbocycles. The largest absolute Gasteiger partial charge is 0.356 e. The molecule has 0 aliphatic carbocycles. The quantitative estimate of drug-likeness (QED) is 0.335. The highest BCUT2D eigenvalue weighted by molar-refractivity contribution is 4.62. The highest BCUT2D eigenvalue weighted by Gasteiger charge is 2.13. The summed E-state index contributed by atoms with van der Waals surface area (Å²) in [5.41, 5.74) is 0. The van der Waals surface area contributed by atoms with Crippen molar-refractivity contribution in [1.29, 1.82) is 0 Å². The van der Waals surface area contributed by atoms with Crippen LogP contribution in [-0.4, -0.2) is 19.5 Å². The molecule has 0 saturated carbocycles. The Morgan fingerprint density at radius 2 is 1.44 bits per heavy atom. The van der Waals surface area contributed by atoms with E-state index in [1.807, 2.05) is 6.92 Å². The Hall–Kier alpha value is -0.0800. The van der Waals surface area contributed by atoms with Gasteiger partial charge in [-0.1, -0.05) is 65.7 Å². The average molecular weight is 258 g/mol. The molecule has 0 saturated heterocycles. The summed E-state index contributed by atoms with van der Waals surface area (Å²) >= 11 is 0. The SMILES string of the molecule is CCCCCCCCCC(OCOCC)C(C)C. The van der Waals surface area contributed by atoms with Gasteiger partial charge in [-0.15, -0.1) is 0 Å². The van der Waals surface area contributed by atoms with Gasteiger partial charge >= 0.3 is 0 Å². The highest BCUT2D eigenvalue weighted by Crippen LogP contribution is 2.16. The fourth-order valence-corrected chi connectivity index (χ4v) is 2.13. The molecule has 0 rings (SSSR count). The monoisotopic (exact) mass is 258 g/mol. The van der Waals surface area contributed by atoms with Crippen molar-refractivity contribution in [3.63, 3.8) is 0 Å². The Labute approximate surface area is 114 Å². The Morgan fingerprint density at radius 1 is 0.833 bits per heavy atom. The zero-order chi connectivity index (χ0) is 13.6. The maximum Gasteiger partial charge on any atom is 0.147 e. The Bertz CT molecular complexity index is 157. The van der Waals surface area contributed by atoms with Crippen molar-refractivity contribution in [2.45, 2.75) is 85.2 Å². The van der Waals surface area contributed by atoms with Crippen LogP contribution in [0.15, 0.2) is 0 Å². The van der Waals surface area contributed by atoms with E-state index in [4.69, 9.17) is 9.47 Å². The summed E-state index contributed by atoms with van der Waals surface area (Å²) in [6.07, 6.45) is 11.1. The summed E-state index contributed by atoms with van der Waals surface area (Å²) in [6.45, 7) is 9.93. The lowest BCUT2D eigenvalue weighted by molar-refractivity contribution is -0.102. The van der Waals surface area contributed by atoms with Crippen LogP contribution >= 0.6 is 0 Å². The zero-order valence-electron chi connectivity index (χ0n) is 13.0. The van der Waals surface area contributed by atoms with E-state index in [0.717, 1.165) is 6.61 Å². The molecule has 18 heavy (non-hydrogen) atoms. The summed E-state index contributed by atoms with van der Waals surface area (Å²) in [6, 6.07) is 0. The maximum absolute atomic E-state index is 5.77. The van der Waals surface area contributed by atoms with Crippen LogP contribution in [0.4, 0.5) is 0 Å². The van der Waals surface area contributed by atoms with Crippen molar-refractivity contribution in [1.82, 2.24) is 0 Å². The van der Waals surface area contributed by atoms with E-state index in [0.29, 0.717) is 18.8 Å². The van der Waals surface area contributed by atoms with Crippen molar-refractivity contribution in [3.8, 4) is 0 Å². The van der Waals surface area contributed by atoms with Crippen LogP contribution in [0.1, 0.15) is 79.1 Å². The van der Waals surface area contributed by atoms with Crippen molar-refractivity contribution >= 4 is 0 Å². The highest BCUT2D eigenvalue weighted by atomic mass is 16.7. The van der Waals surface area contributed by atoms with Crippen LogP contribution in [0.5, 0.6) is 0 Å². The van der Waals surface area contributed by atoms with Gasteiger partial charge in [0.05, 0.1) is 6.10 Å². The molecule has 0 heterocycles. The maximum atomic E-state index is 5.77. The lowest BCUT2D eigenvalue weighted by Gasteiger charge is -2.21. The smallest absolute Gasteiger partial charge is 0.147 e. The van der Waals surface area contributed by atoms with E-state index in [2.05, 4.69) is 20.8 Å². The lowest BCUT2D eigenvalue weighted by atomic mass is 10.00. The Morgan fingerprint density at radius 3 is 2.00 bits per heavy atom. The predicted octanol–water partition coefficient (Wildman–Crippen LogP) is 5.16. The molecule has 0 radical (unpaired) electrons. The molecule has 1 unspecified atom stereocenters. The van der Waals surface area contributed by atoms with E-state index >= 15 is 0 Å². The summed E-state index contributed by atoms with van der Waals surface area (Å²) in [4.78, 5) is 0. The van der Waals surface area contributed by atoms with Gasteiger partial charge in [-0.25, -0.2) is 0 Å². The number of hydrogen-bond acceptors (Lipinski definition) is 2. The molecule has 0 spiro atoms. The van der Waals surface area contributed by atoms with Crippen LogP contribution in [0.2, 0.25) is 0 Å². The van der Waals surface area contributed by atoms with Gasteiger partial charge in [0, 0.05) is 6.61 Å². The molecule has 0 aromatic rings. The average Bonchev–Trinajstić information content (AvgIpc) is 2.35. The third kappa shape index (κ3) is 11.0. The van der Waals surface area contributed by atoms with Crippen LogP contribution in [-0.2, 0) is 9.47 Å². The van der Waals surface area contributed by atoms with E-state index in [-0.39, 0.29) is 0 Å². The summed E-state index contributed by atoms with van der Waals surface area (Å²) in [7, 11) is 0. The van der Waals surface area contributed by atoms with Crippen LogP contribution in [0.25, 0.3) is 0 Å². The van der Waals surface area contributed by atoms with Gasteiger partial charge < -0.3 is 9.47 Å². The normalized spacial score (nSPS) is 13.2. The standard InChI is InChI=1S/C16H34O2/c1-5-7-8-9-10-11-12-13-16(15(3)4)18-14-17-6-2/h15-16H,5-14H2,1-4H3. The molecule has 110 valence electrons. The first kappa shape index (κ1) is 17.9. The second kappa shape index (κ2) is 13.4. The minimum atomic E-state index is 0.368. The zero-order valence-corrected chi connectivity index (χ0v) is 13.0. The Balaban J connectivity index is 3.46. The molecule has 0 fully saturated rings. The van der Waals surface area contributed by atoms with Crippen LogP contribution < -0.4 is 0 Å². The molecule has 0 aliphatic rings. The third-order valence-corrected chi connectivity index (χ3v) is 3.41. The van der Waals surface area contributed by atoms with E-state index < -0.39 is 0 Å². The molecular weight excluding hydrogens is 224 g/mol. The van der Waals surface area contributed by atoms with Crippen molar-refractivity contribution in [2.75, 3.05) is 13.4 Å². The predicted molar refractivity (Wildman–Crippen MR) is 78.8 cm³/mol. The third-order valence-electron chi connectivity index (χ3n) is 3.41. The summed E-state index contributed by atoms with van der Waals surface area (Å²) in [5, 5.41) is 0. The van der Waals surface area contributed by atoms with Gasteiger partial charge in [-0.2, -0.15) is 0 Å². The van der Waals surface area contributed by atoms with Gasteiger partial charge in [0.15, 0.2) is 0 Å². The summed E-state index contributed by atoms with van der Waals surface area (Å²) in [5.74, 6) is 0.588. The summed E-state index contributed by atoms with van der Waals surface area (Å²) < 4.78 is 11.0. The van der Waals surface area contributed by atoms with Gasteiger partial charge in [-0.3, -0.25) is 0 Å². The van der Waals surface area contributed by atoms with Crippen LogP contribution in [0.3, 0.4) is 0 Å². The van der Waals surface area contributed by atoms with Crippen LogP contribution in [0, 0.1) is 5.92 Å². The van der Waals surface area contributed by atoms with E-state index in [1.54, 1.807) is 0 Å². The molecule has 0 aliphatic heterocycles. The fourth-order valence-electron chi connectivity index (χ4n) is 2.13. The van der Waals surface area contributed by atoms with E-state index in [9.17, 15) is 0 Å². The van der Waals surface area contributed by atoms with E-state index in [1.165, 1.54) is 51.4 Å². The molecule has 1 atom stereocenters. The molecule has 0 amide bonds. The van der Waals surface area contributed by atoms with Crippen molar-refractivity contribution in [2.24, 2.45) is 5.92 Å². The van der Waals surface area contributed by atoms with Gasteiger partial charge in [-0.05, 0) is 19.3 Å². The number of ether oxygens (including phenoxy) is 2. The van der Waals surface area contributed by atoms with Gasteiger partial charge in [0.1, 0.15) is 6.79 Å². The lowest BCUT2D eigenvalue weighted by Crippen LogP contribution is -2.21. The minimum absolute atomic E-state index is 0.368. The molecule has 2 nitrogen and oxygen atoms in total. The minimum Gasteiger partial charge on any atom is -0.356 e. The molecule has 0 aromatic heterocycles. The number of rotatable bonds is 13. The van der Waals surface area contributed by atoms with Gasteiger partial charge in [0.25, 0.3) is 0 Å². The van der Waals surface area contributed by atoms with Crippen molar-refractivity contribution in [3.05, 3.63) is 0 Å². The molecule has 2 heteroatoms. The number of unbranched alkanes of at least 4 members (excludes halogenated alkanes) is 6. The molecule has 0 bridgehead atoms. The topological polar surface area (TPSA) is 18.5 Å². The number of hydrogen-bond donors (Lipinski definition) is 0. The first-order valence-corrected chi connectivity index (χ1v) is 7.91. The first-order chi connectivity index (χ1) is 8.72. The van der Waals surface area contributed by atoms with Gasteiger partial charge in [0.2, 0.25) is 0 Å². The van der Waals surface area contributed by atoms with Crippen molar-refractivity contribution < 1.29 is 9.47 Å². The Kier molecular flexibility index (Phi) is 13.3. The second-order valence-electron chi connectivity index (χ2n) is 5.47. The first-order valence-electron chi connectivity index (χ1n) is 7.91.